The maximum atomic E-state index is 12.0. The lowest BCUT2D eigenvalue weighted by Gasteiger charge is -2.06. The van der Waals surface area contributed by atoms with Crippen LogP contribution in [0.4, 0.5) is 10.5 Å². The van der Waals surface area contributed by atoms with E-state index in [9.17, 15) is 4.79 Å². The average molecular weight is 372 g/mol. The summed E-state index contributed by atoms with van der Waals surface area (Å²) in [5.41, 5.74) is 2.16. The zero-order chi connectivity index (χ0) is 18.5. The number of urea groups is 1. The van der Waals surface area contributed by atoms with Gasteiger partial charge in [-0.2, -0.15) is 0 Å². The lowest BCUT2D eigenvalue weighted by Crippen LogP contribution is -2.28. The van der Waals surface area contributed by atoms with Gasteiger partial charge < -0.3 is 19.8 Å². The largest absolute Gasteiger partial charge is 0.497 e. The summed E-state index contributed by atoms with van der Waals surface area (Å²) in [7, 11) is 1.61. The highest BCUT2D eigenvalue weighted by molar-refractivity contribution is 6.30. The molecule has 2 aromatic carbocycles. The van der Waals surface area contributed by atoms with Gasteiger partial charge in [0.1, 0.15) is 17.2 Å². The van der Waals surface area contributed by atoms with E-state index in [-0.39, 0.29) is 12.6 Å². The van der Waals surface area contributed by atoms with E-state index in [1.165, 1.54) is 0 Å². The Labute approximate surface area is 156 Å². The number of aryl methyl sites for hydroxylation is 1. The number of aromatic nitrogens is 1. The van der Waals surface area contributed by atoms with Crippen molar-refractivity contribution in [2.75, 3.05) is 12.4 Å². The summed E-state index contributed by atoms with van der Waals surface area (Å²) in [6, 6.07) is 14.0. The highest BCUT2D eigenvalue weighted by Crippen LogP contribution is 2.24. The fraction of sp³-hybridized carbons (Fsp3) is 0.158. The Balaban J connectivity index is 1.62. The fourth-order valence-electron chi connectivity index (χ4n) is 2.32. The third kappa shape index (κ3) is 4.34. The molecule has 0 unspecified atom stereocenters. The van der Waals surface area contributed by atoms with E-state index in [1.807, 2.05) is 31.2 Å². The Hall–Kier alpha value is -2.99. The third-order valence-electron chi connectivity index (χ3n) is 3.75. The van der Waals surface area contributed by atoms with Gasteiger partial charge in [-0.15, -0.1) is 0 Å². The van der Waals surface area contributed by atoms with Crippen molar-refractivity contribution in [3.05, 3.63) is 65.0 Å². The molecule has 134 valence electrons. The van der Waals surface area contributed by atoms with Crippen molar-refractivity contribution >= 4 is 23.3 Å². The number of hydrogen-bond donors (Lipinski definition) is 2. The second kappa shape index (κ2) is 7.93. The van der Waals surface area contributed by atoms with E-state index in [0.717, 1.165) is 11.3 Å². The number of benzene rings is 2. The second-order valence-corrected chi connectivity index (χ2v) is 6.00. The van der Waals surface area contributed by atoms with Crippen molar-refractivity contribution in [3.63, 3.8) is 0 Å². The smallest absolute Gasteiger partial charge is 0.319 e. The first-order chi connectivity index (χ1) is 12.5. The van der Waals surface area contributed by atoms with Crippen LogP contribution in [-0.2, 0) is 6.54 Å². The van der Waals surface area contributed by atoms with Gasteiger partial charge in [0.05, 0.1) is 13.7 Å². The number of halogens is 1. The highest BCUT2D eigenvalue weighted by Gasteiger charge is 2.12. The molecule has 0 aliphatic carbocycles. The molecule has 0 saturated carbocycles. The lowest BCUT2D eigenvalue weighted by atomic mass is 10.2. The fourth-order valence-corrected chi connectivity index (χ4v) is 2.45. The van der Waals surface area contributed by atoms with Crippen LogP contribution in [0.1, 0.15) is 11.5 Å². The molecule has 0 saturated heterocycles. The molecule has 0 atom stereocenters. The maximum Gasteiger partial charge on any atom is 0.319 e. The molecule has 0 radical (unpaired) electrons. The molecule has 1 heterocycles. The molecule has 3 aromatic rings. The molecular weight excluding hydrogens is 354 g/mol. The molecular formula is C19H18ClN3O3. The number of methoxy groups -OCH3 is 1. The van der Waals surface area contributed by atoms with Crippen molar-refractivity contribution in [2.24, 2.45) is 0 Å². The number of rotatable bonds is 5. The monoisotopic (exact) mass is 371 g/mol. The number of nitrogens with zero attached hydrogens (tertiary/aromatic N) is 1. The molecule has 7 heteroatoms. The van der Waals surface area contributed by atoms with Crippen LogP contribution in [0.3, 0.4) is 0 Å². The molecule has 2 amide bonds. The Morgan fingerprint density at radius 3 is 2.50 bits per heavy atom. The molecule has 0 aliphatic heterocycles. The minimum absolute atomic E-state index is 0.255. The van der Waals surface area contributed by atoms with Gasteiger partial charge in [0.15, 0.2) is 0 Å². The van der Waals surface area contributed by atoms with Crippen molar-refractivity contribution in [1.82, 2.24) is 10.3 Å². The van der Waals surface area contributed by atoms with Gasteiger partial charge in [0.2, 0.25) is 5.89 Å². The van der Waals surface area contributed by atoms with E-state index in [1.54, 1.807) is 31.4 Å². The molecule has 0 fully saturated rings. The number of hydrogen-bond acceptors (Lipinski definition) is 4. The number of oxazole rings is 1. The standard InChI is InChI=1S/C19H18ClN3O3/c1-12-17(11-21-19(24)22-15-7-5-14(20)6-8-15)23-18(26-12)13-3-9-16(25-2)10-4-13/h3-10H,11H2,1-2H3,(H2,21,22,24). The lowest BCUT2D eigenvalue weighted by molar-refractivity contribution is 0.251. The van der Waals surface area contributed by atoms with Crippen LogP contribution in [0.5, 0.6) is 5.75 Å². The summed E-state index contributed by atoms with van der Waals surface area (Å²) in [6.45, 7) is 2.07. The predicted molar refractivity (Wildman–Crippen MR) is 101 cm³/mol. The minimum atomic E-state index is -0.333. The minimum Gasteiger partial charge on any atom is -0.497 e. The van der Waals surface area contributed by atoms with Crippen LogP contribution in [-0.4, -0.2) is 18.1 Å². The average Bonchev–Trinajstić information content (AvgIpc) is 3.03. The van der Waals surface area contributed by atoms with Crippen LogP contribution in [0.2, 0.25) is 5.02 Å². The number of anilines is 1. The van der Waals surface area contributed by atoms with Gasteiger partial charge in [0.25, 0.3) is 0 Å². The summed E-state index contributed by atoms with van der Waals surface area (Å²) < 4.78 is 10.8. The third-order valence-corrected chi connectivity index (χ3v) is 4.00. The van der Waals surface area contributed by atoms with Gasteiger partial charge in [-0.3, -0.25) is 0 Å². The molecule has 2 N–H and O–H groups in total. The summed E-state index contributed by atoms with van der Waals surface area (Å²) in [6.07, 6.45) is 0. The van der Waals surface area contributed by atoms with Gasteiger partial charge >= 0.3 is 6.03 Å². The zero-order valence-electron chi connectivity index (χ0n) is 14.4. The summed E-state index contributed by atoms with van der Waals surface area (Å²) >= 11 is 5.82. The molecule has 3 rings (SSSR count). The summed E-state index contributed by atoms with van der Waals surface area (Å²) in [5, 5.41) is 6.10. The van der Waals surface area contributed by atoms with Crippen LogP contribution in [0, 0.1) is 6.92 Å². The number of carbonyl (C=O) groups excluding carboxylic acids is 1. The molecule has 0 bridgehead atoms. The van der Waals surface area contributed by atoms with Crippen molar-refractivity contribution in [1.29, 1.82) is 0 Å². The Morgan fingerprint density at radius 2 is 1.85 bits per heavy atom. The van der Waals surface area contributed by atoms with Gasteiger partial charge in [-0.05, 0) is 55.5 Å². The normalized spacial score (nSPS) is 10.4. The van der Waals surface area contributed by atoms with Crippen LogP contribution in [0.15, 0.2) is 52.9 Å². The number of amides is 2. The zero-order valence-corrected chi connectivity index (χ0v) is 15.1. The van der Waals surface area contributed by atoms with Crippen LogP contribution in [0.25, 0.3) is 11.5 Å². The maximum absolute atomic E-state index is 12.0. The van der Waals surface area contributed by atoms with E-state index in [2.05, 4.69) is 15.6 Å². The molecule has 0 spiro atoms. The Morgan fingerprint density at radius 1 is 1.15 bits per heavy atom. The first kappa shape index (κ1) is 17.8. The second-order valence-electron chi connectivity index (χ2n) is 5.56. The molecule has 26 heavy (non-hydrogen) atoms. The molecule has 0 aliphatic rings. The Kier molecular flexibility index (Phi) is 5.43. The summed E-state index contributed by atoms with van der Waals surface area (Å²) in [4.78, 5) is 16.5. The van der Waals surface area contributed by atoms with Crippen molar-refractivity contribution in [3.8, 4) is 17.2 Å². The number of nitrogens with one attached hydrogen (secondary N) is 2. The first-order valence-corrected chi connectivity index (χ1v) is 8.34. The number of ether oxygens (including phenoxy) is 1. The molecule has 1 aromatic heterocycles. The van der Waals surface area contributed by atoms with Crippen LogP contribution >= 0.6 is 11.6 Å². The van der Waals surface area contributed by atoms with Gasteiger partial charge in [0, 0.05) is 16.3 Å². The Bertz CT molecular complexity index is 889. The SMILES string of the molecule is COc1ccc(-c2nc(CNC(=O)Nc3ccc(Cl)cc3)c(C)o2)cc1. The van der Waals surface area contributed by atoms with Gasteiger partial charge in [-0.1, -0.05) is 11.6 Å². The quantitative estimate of drug-likeness (QED) is 0.685. The number of carbonyl (C=O) groups is 1. The van der Waals surface area contributed by atoms with E-state index >= 15 is 0 Å². The predicted octanol–water partition coefficient (Wildman–Crippen LogP) is 4.63. The van der Waals surface area contributed by atoms with E-state index < -0.39 is 0 Å². The summed E-state index contributed by atoms with van der Waals surface area (Å²) in [5.74, 6) is 1.92. The first-order valence-electron chi connectivity index (χ1n) is 7.96. The van der Waals surface area contributed by atoms with Crippen molar-refractivity contribution in [2.45, 2.75) is 13.5 Å². The van der Waals surface area contributed by atoms with Crippen molar-refractivity contribution < 1.29 is 13.9 Å². The molecule has 6 nitrogen and oxygen atoms in total. The van der Waals surface area contributed by atoms with Gasteiger partial charge in [-0.25, -0.2) is 9.78 Å². The topological polar surface area (TPSA) is 76.4 Å². The van der Waals surface area contributed by atoms with E-state index in [0.29, 0.717) is 28.1 Å². The van der Waals surface area contributed by atoms with Crippen LogP contribution < -0.4 is 15.4 Å². The highest BCUT2D eigenvalue weighted by atomic mass is 35.5. The van der Waals surface area contributed by atoms with E-state index in [4.69, 9.17) is 20.8 Å².